The van der Waals surface area contributed by atoms with E-state index in [1.165, 1.54) is 0 Å². The van der Waals surface area contributed by atoms with Crippen LogP contribution in [0.3, 0.4) is 0 Å². The number of nitrogens with one attached hydrogen (secondary N) is 1. The third kappa shape index (κ3) is 3.30. The van der Waals surface area contributed by atoms with Crippen LogP contribution in [0, 0.1) is 13.8 Å². The summed E-state index contributed by atoms with van der Waals surface area (Å²) < 4.78 is 1.67. The van der Waals surface area contributed by atoms with Gasteiger partial charge in [-0.3, -0.25) is 9.48 Å². The van der Waals surface area contributed by atoms with Crippen LogP contribution >= 0.6 is 0 Å². The minimum absolute atomic E-state index is 0.229. The van der Waals surface area contributed by atoms with Crippen LogP contribution in [0.25, 0.3) is 0 Å². The highest BCUT2D eigenvalue weighted by molar-refractivity contribution is 6.03. The van der Waals surface area contributed by atoms with Gasteiger partial charge in [0, 0.05) is 11.9 Å². The Morgan fingerprint density at radius 1 is 1.12 bits per heavy atom. The number of aryl methyl sites for hydroxylation is 2. The molecule has 3 aromatic rings. The first-order valence-corrected chi connectivity index (χ1v) is 7.72. The lowest BCUT2D eigenvalue weighted by Crippen LogP contribution is -2.18. The Hall–Kier alpha value is -3.08. The molecular weight excluding hydrogens is 302 g/mol. The monoisotopic (exact) mass is 321 g/mol. The number of amides is 1. The van der Waals surface area contributed by atoms with Gasteiger partial charge < -0.3 is 10.4 Å². The summed E-state index contributed by atoms with van der Waals surface area (Å²) in [5, 5.41) is 16.9. The number of nitrogens with zero attached hydrogens (tertiary/aromatic N) is 2. The summed E-state index contributed by atoms with van der Waals surface area (Å²) in [6, 6.07) is 15.1. The van der Waals surface area contributed by atoms with Gasteiger partial charge in [0.15, 0.2) is 0 Å². The molecule has 0 atom stereocenters. The van der Waals surface area contributed by atoms with Crippen LogP contribution in [-0.2, 0) is 6.54 Å². The van der Waals surface area contributed by atoms with Crippen LogP contribution in [-0.4, -0.2) is 20.8 Å². The van der Waals surface area contributed by atoms with Crippen LogP contribution in [0.15, 0.2) is 54.7 Å². The van der Waals surface area contributed by atoms with Crippen molar-refractivity contribution in [2.75, 3.05) is 5.32 Å². The molecule has 0 saturated heterocycles. The number of hydrogen-bond donors (Lipinski definition) is 2. The lowest BCUT2D eigenvalue weighted by atomic mass is 10.1. The maximum absolute atomic E-state index is 12.6. The molecule has 1 heterocycles. The van der Waals surface area contributed by atoms with Gasteiger partial charge in [0.05, 0.1) is 6.54 Å². The molecule has 0 aliphatic carbocycles. The largest absolute Gasteiger partial charge is 0.507 e. The lowest BCUT2D eigenvalue weighted by Gasteiger charge is -2.11. The predicted molar refractivity (Wildman–Crippen MR) is 93.3 cm³/mol. The molecule has 0 fully saturated rings. The Morgan fingerprint density at radius 3 is 2.46 bits per heavy atom. The Morgan fingerprint density at radius 2 is 1.79 bits per heavy atom. The number of benzene rings is 2. The van der Waals surface area contributed by atoms with Crippen LogP contribution in [0.5, 0.6) is 5.75 Å². The predicted octanol–water partition coefficient (Wildman–Crippen LogP) is 3.51. The summed E-state index contributed by atoms with van der Waals surface area (Å²) in [5.74, 6) is 0.0232. The zero-order valence-corrected chi connectivity index (χ0v) is 13.7. The van der Waals surface area contributed by atoms with Gasteiger partial charge in [-0.25, -0.2) is 0 Å². The van der Waals surface area contributed by atoms with Crippen LogP contribution in [0.2, 0.25) is 0 Å². The SMILES string of the molecule is Cc1cc(NC(=O)c2ccnn2Cc2ccccc2)cc(C)c1O. The molecule has 5 nitrogen and oxygen atoms in total. The number of carbonyl (C=O) groups is 1. The average Bonchev–Trinajstić information content (AvgIpc) is 3.01. The van der Waals surface area contributed by atoms with Crippen LogP contribution < -0.4 is 5.32 Å². The van der Waals surface area contributed by atoms with E-state index in [2.05, 4.69) is 10.4 Å². The van der Waals surface area contributed by atoms with E-state index >= 15 is 0 Å². The molecule has 3 rings (SSSR count). The molecule has 0 aliphatic rings. The summed E-state index contributed by atoms with van der Waals surface area (Å²) in [5.41, 5.74) is 3.67. The fourth-order valence-corrected chi connectivity index (χ4v) is 2.63. The first-order valence-electron chi connectivity index (χ1n) is 7.72. The highest BCUT2D eigenvalue weighted by atomic mass is 16.3. The molecule has 0 radical (unpaired) electrons. The highest BCUT2D eigenvalue weighted by Gasteiger charge is 2.13. The van der Waals surface area contributed by atoms with Crippen molar-refractivity contribution in [3.63, 3.8) is 0 Å². The lowest BCUT2D eigenvalue weighted by molar-refractivity contribution is 0.101. The van der Waals surface area contributed by atoms with E-state index in [1.807, 2.05) is 30.3 Å². The van der Waals surface area contributed by atoms with E-state index in [-0.39, 0.29) is 11.7 Å². The van der Waals surface area contributed by atoms with E-state index in [9.17, 15) is 9.90 Å². The van der Waals surface area contributed by atoms with Gasteiger partial charge in [0.25, 0.3) is 5.91 Å². The molecule has 0 bridgehead atoms. The normalized spacial score (nSPS) is 10.6. The van der Waals surface area contributed by atoms with Crippen molar-refractivity contribution >= 4 is 11.6 Å². The van der Waals surface area contributed by atoms with E-state index < -0.39 is 0 Å². The smallest absolute Gasteiger partial charge is 0.273 e. The molecule has 2 aromatic carbocycles. The summed E-state index contributed by atoms with van der Waals surface area (Å²) in [6.07, 6.45) is 1.62. The summed E-state index contributed by atoms with van der Waals surface area (Å²) in [7, 11) is 0. The third-order valence-electron chi connectivity index (χ3n) is 3.87. The van der Waals surface area contributed by atoms with E-state index in [0.717, 1.165) is 16.7 Å². The number of aromatic hydroxyl groups is 1. The van der Waals surface area contributed by atoms with Gasteiger partial charge in [-0.15, -0.1) is 0 Å². The molecule has 1 aromatic heterocycles. The van der Waals surface area contributed by atoms with Gasteiger partial charge >= 0.3 is 0 Å². The van der Waals surface area contributed by atoms with Gasteiger partial charge in [-0.1, -0.05) is 30.3 Å². The maximum Gasteiger partial charge on any atom is 0.273 e. The fourth-order valence-electron chi connectivity index (χ4n) is 2.63. The number of phenols is 1. The van der Waals surface area contributed by atoms with Crippen LogP contribution in [0.1, 0.15) is 27.2 Å². The van der Waals surface area contributed by atoms with Gasteiger partial charge in [-0.2, -0.15) is 5.10 Å². The number of aromatic nitrogens is 2. The molecular formula is C19H19N3O2. The van der Waals surface area contributed by atoms with Crippen molar-refractivity contribution in [2.45, 2.75) is 20.4 Å². The van der Waals surface area contributed by atoms with Crippen molar-refractivity contribution in [3.05, 3.63) is 77.1 Å². The van der Waals surface area contributed by atoms with Crippen LogP contribution in [0.4, 0.5) is 5.69 Å². The topological polar surface area (TPSA) is 67.2 Å². The molecule has 0 spiro atoms. The van der Waals surface area contributed by atoms with E-state index in [0.29, 0.717) is 17.9 Å². The average molecular weight is 321 g/mol. The third-order valence-corrected chi connectivity index (χ3v) is 3.87. The molecule has 1 amide bonds. The Labute approximate surface area is 140 Å². The molecule has 0 saturated carbocycles. The van der Waals surface area contributed by atoms with Crippen molar-refractivity contribution in [1.82, 2.24) is 9.78 Å². The minimum Gasteiger partial charge on any atom is -0.507 e. The quantitative estimate of drug-likeness (QED) is 0.723. The van der Waals surface area contributed by atoms with E-state index in [1.54, 1.807) is 42.9 Å². The number of hydrogen-bond acceptors (Lipinski definition) is 3. The number of carbonyl (C=O) groups excluding carboxylic acids is 1. The zero-order chi connectivity index (χ0) is 17.1. The van der Waals surface area contributed by atoms with Crippen molar-refractivity contribution in [3.8, 4) is 5.75 Å². The van der Waals surface area contributed by atoms with Gasteiger partial charge in [0.2, 0.25) is 0 Å². The standard InChI is InChI=1S/C19H19N3O2/c1-13-10-16(11-14(2)18(13)23)21-19(24)17-8-9-20-22(17)12-15-6-4-3-5-7-15/h3-11,23H,12H2,1-2H3,(H,21,24). The second-order valence-corrected chi connectivity index (χ2v) is 5.77. The number of rotatable bonds is 4. The van der Waals surface area contributed by atoms with Gasteiger partial charge in [0.1, 0.15) is 11.4 Å². The Kier molecular flexibility index (Phi) is 4.33. The molecule has 24 heavy (non-hydrogen) atoms. The fraction of sp³-hybridized carbons (Fsp3) is 0.158. The van der Waals surface area contributed by atoms with Crippen molar-refractivity contribution in [1.29, 1.82) is 0 Å². The van der Waals surface area contributed by atoms with E-state index in [4.69, 9.17) is 0 Å². The Bertz CT molecular complexity index is 846. The molecule has 2 N–H and O–H groups in total. The van der Waals surface area contributed by atoms with Gasteiger partial charge in [-0.05, 0) is 48.7 Å². The minimum atomic E-state index is -0.229. The molecule has 0 aliphatic heterocycles. The second-order valence-electron chi connectivity index (χ2n) is 5.77. The first-order chi connectivity index (χ1) is 11.5. The summed E-state index contributed by atoms with van der Waals surface area (Å²) in [4.78, 5) is 12.6. The second kappa shape index (κ2) is 6.58. The summed E-state index contributed by atoms with van der Waals surface area (Å²) in [6.45, 7) is 4.14. The first kappa shape index (κ1) is 15.8. The number of phenolic OH excluding ortho intramolecular Hbond substituents is 1. The zero-order valence-electron chi connectivity index (χ0n) is 13.7. The molecule has 122 valence electrons. The summed E-state index contributed by atoms with van der Waals surface area (Å²) >= 11 is 0. The van der Waals surface area contributed by atoms with Crippen molar-refractivity contribution < 1.29 is 9.90 Å². The maximum atomic E-state index is 12.6. The Balaban J connectivity index is 1.80. The number of anilines is 1. The van der Waals surface area contributed by atoms with Crippen molar-refractivity contribution in [2.24, 2.45) is 0 Å². The molecule has 5 heteroatoms. The highest BCUT2D eigenvalue weighted by Crippen LogP contribution is 2.25. The molecule has 0 unspecified atom stereocenters.